The van der Waals surface area contributed by atoms with Gasteiger partial charge in [-0.25, -0.2) is 9.97 Å². The van der Waals surface area contributed by atoms with Crippen molar-refractivity contribution >= 4 is 28.6 Å². The molecule has 134 valence electrons. The van der Waals surface area contributed by atoms with Crippen molar-refractivity contribution in [3.8, 4) is 11.3 Å². The van der Waals surface area contributed by atoms with Gasteiger partial charge in [-0.05, 0) is 38.3 Å². The summed E-state index contributed by atoms with van der Waals surface area (Å²) in [4.78, 5) is 11.7. The molecular formula is C19H21ClN6. The van der Waals surface area contributed by atoms with E-state index in [1.165, 1.54) is 25.7 Å². The number of nitrogens with zero attached hydrogens (tertiary/aromatic N) is 4. The Hall–Kier alpha value is -2.18. The van der Waals surface area contributed by atoms with Crippen LogP contribution in [0, 0.1) is 0 Å². The number of aromatic amines is 1. The van der Waals surface area contributed by atoms with E-state index in [0.717, 1.165) is 42.2 Å². The Morgan fingerprint density at radius 2 is 1.96 bits per heavy atom. The van der Waals surface area contributed by atoms with E-state index < -0.39 is 0 Å². The molecule has 0 saturated carbocycles. The Balaban J connectivity index is 1.42. The minimum Gasteiger partial charge on any atom is -0.355 e. The van der Waals surface area contributed by atoms with Crippen LogP contribution in [0.4, 0.5) is 5.82 Å². The molecule has 0 bridgehead atoms. The molecule has 2 N–H and O–H groups in total. The maximum Gasteiger partial charge on any atom is 0.177 e. The zero-order valence-electron chi connectivity index (χ0n) is 14.5. The van der Waals surface area contributed by atoms with Crippen LogP contribution in [0.1, 0.15) is 25.7 Å². The maximum absolute atomic E-state index is 6.31. The SMILES string of the molecule is Clc1ccccc1-c1n[nH]c2nc(N3CCC4(CCCN4)CC3)cnc12. The quantitative estimate of drug-likeness (QED) is 0.725. The standard InChI is InChI=1S/C19H21ClN6/c20-14-5-2-1-4-13(14)16-17-18(25-24-16)23-15(12-21-17)26-10-7-19(8-11-26)6-3-9-22-19/h1-2,4-5,12,22H,3,6-11H2,(H,23,24,25). The Morgan fingerprint density at radius 3 is 2.73 bits per heavy atom. The molecule has 2 saturated heterocycles. The first-order valence-corrected chi connectivity index (χ1v) is 9.58. The molecule has 7 heteroatoms. The lowest BCUT2D eigenvalue weighted by Gasteiger charge is -2.39. The second-order valence-corrected chi connectivity index (χ2v) is 7.68. The zero-order chi connectivity index (χ0) is 17.6. The van der Waals surface area contributed by atoms with Gasteiger partial charge in [-0.1, -0.05) is 29.8 Å². The fourth-order valence-electron chi connectivity index (χ4n) is 4.25. The minimum absolute atomic E-state index is 0.360. The molecule has 2 aromatic heterocycles. The number of fused-ring (bicyclic) bond motifs is 1. The summed E-state index contributed by atoms with van der Waals surface area (Å²) in [5.41, 5.74) is 3.44. The summed E-state index contributed by atoms with van der Waals surface area (Å²) in [6.07, 6.45) is 6.79. The van der Waals surface area contributed by atoms with Crippen molar-refractivity contribution in [2.75, 3.05) is 24.5 Å². The third kappa shape index (κ3) is 2.64. The van der Waals surface area contributed by atoms with Gasteiger partial charge in [0.2, 0.25) is 0 Å². The Bertz CT molecular complexity index is 936. The fourth-order valence-corrected chi connectivity index (χ4v) is 4.47. The molecule has 1 spiro atoms. The Morgan fingerprint density at radius 1 is 1.12 bits per heavy atom. The Kier molecular flexibility index (Phi) is 3.83. The lowest BCUT2D eigenvalue weighted by Crippen LogP contribution is -2.50. The molecule has 1 aromatic carbocycles. The first-order chi connectivity index (χ1) is 12.7. The third-order valence-corrected chi connectivity index (χ3v) is 6.09. The van der Waals surface area contributed by atoms with Gasteiger partial charge in [-0.15, -0.1) is 0 Å². The molecule has 0 unspecified atom stereocenters. The summed E-state index contributed by atoms with van der Waals surface area (Å²) < 4.78 is 0. The summed E-state index contributed by atoms with van der Waals surface area (Å²) in [6.45, 7) is 3.18. The minimum atomic E-state index is 0.360. The zero-order valence-corrected chi connectivity index (χ0v) is 15.3. The van der Waals surface area contributed by atoms with Crippen LogP contribution in [-0.4, -0.2) is 45.3 Å². The van der Waals surface area contributed by atoms with Crippen LogP contribution in [0.5, 0.6) is 0 Å². The average Bonchev–Trinajstić information content (AvgIpc) is 3.30. The van der Waals surface area contributed by atoms with E-state index in [2.05, 4.69) is 25.4 Å². The van der Waals surface area contributed by atoms with Crippen LogP contribution in [-0.2, 0) is 0 Å². The lowest BCUT2D eigenvalue weighted by molar-refractivity contribution is 0.296. The van der Waals surface area contributed by atoms with Crippen LogP contribution in [0.3, 0.4) is 0 Å². The molecule has 2 aliphatic rings. The molecule has 2 fully saturated rings. The molecule has 0 amide bonds. The monoisotopic (exact) mass is 368 g/mol. The number of piperidine rings is 1. The average molecular weight is 369 g/mol. The molecule has 2 aliphatic heterocycles. The van der Waals surface area contributed by atoms with Crippen molar-refractivity contribution in [2.45, 2.75) is 31.2 Å². The van der Waals surface area contributed by atoms with E-state index in [9.17, 15) is 0 Å². The first-order valence-electron chi connectivity index (χ1n) is 9.20. The largest absolute Gasteiger partial charge is 0.355 e. The van der Waals surface area contributed by atoms with Crippen LogP contribution < -0.4 is 10.2 Å². The highest BCUT2D eigenvalue weighted by Gasteiger charge is 2.37. The van der Waals surface area contributed by atoms with Crippen molar-refractivity contribution in [1.29, 1.82) is 0 Å². The van der Waals surface area contributed by atoms with Crippen molar-refractivity contribution in [2.24, 2.45) is 0 Å². The number of H-pyrrole nitrogens is 1. The van der Waals surface area contributed by atoms with Crippen LogP contribution in [0.25, 0.3) is 22.4 Å². The number of hydrogen-bond acceptors (Lipinski definition) is 5. The molecule has 26 heavy (non-hydrogen) atoms. The van der Waals surface area contributed by atoms with E-state index in [0.29, 0.717) is 16.2 Å². The van der Waals surface area contributed by atoms with E-state index in [-0.39, 0.29) is 0 Å². The molecule has 0 atom stereocenters. The van der Waals surface area contributed by atoms with Gasteiger partial charge in [0, 0.05) is 24.2 Å². The maximum atomic E-state index is 6.31. The molecular weight excluding hydrogens is 348 g/mol. The van der Waals surface area contributed by atoms with Crippen LogP contribution in [0.2, 0.25) is 5.02 Å². The van der Waals surface area contributed by atoms with Gasteiger partial charge in [-0.3, -0.25) is 5.10 Å². The molecule has 0 radical (unpaired) electrons. The number of anilines is 1. The highest BCUT2D eigenvalue weighted by Crippen LogP contribution is 2.33. The second-order valence-electron chi connectivity index (χ2n) is 7.28. The smallest absolute Gasteiger partial charge is 0.177 e. The molecule has 0 aliphatic carbocycles. The van der Waals surface area contributed by atoms with Gasteiger partial charge in [0.1, 0.15) is 17.0 Å². The number of nitrogens with one attached hydrogen (secondary N) is 2. The van der Waals surface area contributed by atoms with E-state index in [1.54, 1.807) is 0 Å². The number of rotatable bonds is 2. The van der Waals surface area contributed by atoms with Crippen molar-refractivity contribution < 1.29 is 0 Å². The summed E-state index contributed by atoms with van der Waals surface area (Å²) in [5.74, 6) is 0.916. The molecule has 5 rings (SSSR count). The van der Waals surface area contributed by atoms with Crippen LogP contribution >= 0.6 is 11.6 Å². The van der Waals surface area contributed by atoms with Gasteiger partial charge in [0.15, 0.2) is 5.65 Å². The highest BCUT2D eigenvalue weighted by atomic mass is 35.5. The predicted molar refractivity (Wildman–Crippen MR) is 104 cm³/mol. The van der Waals surface area contributed by atoms with Crippen LogP contribution in [0.15, 0.2) is 30.5 Å². The van der Waals surface area contributed by atoms with E-state index in [4.69, 9.17) is 16.6 Å². The van der Waals surface area contributed by atoms with Crippen molar-refractivity contribution in [3.63, 3.8) is 0 Å². The molecule has 3 aromatic rings. The van der Waals surface area contributed by atoms with E-state index >= 15 is 0 Å². The molecule has 6 nitrogen and oxygen atoms in total. The topological polar surface area (TPSA) is 69.7 Å². The second kappa shape index (κ2) is 6.21. The highest BCUT2D eigenvalue weighted by molar-refractivity contribution is 6.33. The van der Waals surface area contributed by atoms with Gasteiger partial charge in [0.05, 0.1) is 11.2 Å². The predicted octanol–water partition coefficient (Wildman–Crippen LogP) is 3.40. The van der Waals surface area contributed by atoms with Gasteiger partial charge >= 0.3 is 0 Å². The van der Waals surface area contributed by atoms with Crippen molar-refractivity contribution in [3.05, 3.63) is 35.5 Å². The van der Waals surface area contributed by atoms with E-state index in [1.807, 2.05) is 30.5 Å². The lowest BCUT2D eigenvalue weighted by atomic mass is 9.86. The van der Waals surface area contributed by atoms with Gasteiger partial charge < -0.3 is 10.2 Å². The van der Waals surface area contributed by atoms with Crippen molar-refractivity contribution in [1.82, 2.24) is 25.5 Å². The fraction of sp³-hybridized carbons (Fsp3) is 0.421. The molecule has 4 heterocycles. The van der Waals surface area contributed by atoms with Gasteiger partial charge in [0.25, 0.3) is 0 Å². The van der Waals surface area contributed by atoms with Gasteiger partial charge in [-0.2, -0.15) is 5.10 Å². The number of aromatic nitrogens is 4. The number of halogens is 1. The summed E-state index contributed by atoms with van der Waals surface area (Å²) >= 11 is 6.31. The summed E-state index contributed by atoms with van der Waals surface area (Å²) in [7, 11) is 0. The number of benzene rings is 1. The third-order valence-electron chi connectivity index (χ3n) is 5.76. The summed E-state index contributed by atoms with van der Waals surface area (Å²) in [5, 5.41) is 11.8. The number of hydrogen-bond donors (Lipinski definition) is 2. The Labute approximate surface area is 157 Å². The normalized spacial score (nSPS) is 19.5. The first kappa shape index (κ1) is 16.0. The summed E-state index contributed by atoms with van der Waals surface area (Å²) in [6, 6.07) is 7.67.